The number of hydrogen-bond acceptors (Lipinski definition) is 1. The first-order valence-electron chi connectivity index (χ1n) is 5.13. The van der Waals surface area contributed by atoms with E-state index < -0.39 is 0 Å². The van der Waals surface area contributed by atoms with Crippen molar-refractivity contribution in [2.75, 3.05) is 11.4 Å². The highest BCUT2D eigenvalue weighted by molar-refractivity contribution is 5.53. The van der Waals surface area contributed by atoms with Crippen LogP contribution in [0.4, 0.5) is 5.69 Å². The van der Waals surface area contributed by atoms with E-state index >= 15 is 0 Å². The lowest BCUT2D eigenvalue weighted by molar-refractivity contribution is 0.688. The molecule has 1 saturated carbocycles. The number of anilines is 1. The van der Waals surface area contributed by atoms with Gasteiger partial charge in [0.2, 0.25) is 0 Å². The predicted octanol–water partition coefficient (Wildman–Crippen LogP) is 2.68. The summed E-state index contributed by atoms with van der Waals surface area (Å²) in [6.07, 6.45) is 2.80. The monoisotopic (exact) mass is 173 g/mol. The second kappa shape index (κ2) is 2.28. The van der Waals surface area contributed by atoms with E-state index in [4.69, 9.17) is 0 Å². The van der Waals surface area contributed by atoms with Gasteiger partial charge in [0, 0.05) is 17.8 Å². The van der Waals surface area contributed by atoms with Crippen molar-refractivity contribution in [2.24, 2.45) is 5.92 Å². The van der Waals surface area contributed by atoms with Gasteiger partial charge in [-0.3, -0.25) is 0 Å². The van der Waals surface area contributed by atoms with Gasteiger partial charge in [-0.05, 0) is 37.8 Å². The SMILES string of the molecule is C[C@]12C[C@H]1CCN2c1ccccc1. The molecule has 1 aliphatic heterocycles. The molecule has 1 aliphatic carbocycles. The molecule has 2 aliphatic rings. The number of piperidine rings is 1. The molecule has 0 unspecified atom stereocenters. The van der Waals surface area contributed by atoms with Crippen molar-refractivity contribution in [3.05, 3.63) is 30.3 Å². The minimum absolute atomic E-state index is 0.515. The van der Waals surface area contributed by atoms with Crippen molar-refractivity contribution in [1.82, 2.24) is 0 Å². The molecular weight excluding hydrogens is 158 g/mol. The van der Waals surface area contributed by atoms with Crippen molar-refractivity contribution in [3.8, 4) is 0 Å². The largest absolute Gasteiger partial charge is 0.366 e. The molecule has 0 spiro atoms. The zero-order valence-electron chi connectivity index (χ0n) is 8.03. The summed E-state index contributed by atoms with van der Waals surface area (Å²) in [5, 5.41) is 0. The van der Waals surface area contributed by atoms with Gasteiger partial charge >= 0.3 is 0 Å². The maximum atomic E-state index is 2.58. The summed E-state index contributed by atoms with van der Waals surface area (Å²) in [6, 6.07) is 10.8. The summed E-state index contributed by atoms with van der Waals surface area (Å²) in [6.45, 7) is 3.66. The molecule has 1 heterocycles. The number of hydrogen-bond donors (Lipinski definition) is 0. The molecule has 0 radical (unpaired) electrons. The molecule has 1 nitrogen and oxygen atoms in total. The second-order valence-electron chi connectivity index (χ2n) is 4.53. The Hall–Kier alpha value is -0.980. The fraction of sp³-hybridized carbons (Fsp3) is 0.500. The normalized spacial score (nSPS) is 36.1. The fourth-order valence-corrected chi connectivity index (χ4v) is 2.76. The Morgan fingerprint density at radius 2 is 2.08 bits per heavy atom. The van der Waals surface area contributed by atoms with E-state index in [-0.39, 0.29) is 0 Å². The molecule has 1 aromatic rings. The topological polar surface area (TPSA) is 3.24 Å². The standard InChI is InChI=1S/C12H15N/c1-12-9-10(12)7-8-13(12)11-5-3-2-4-6-11/h2-6,10H,7-9H2,1H3/t10-,12+/m1/s1. The lowest BCUT2D eigenvalue weighted by Gasteiger charge is -2.27. The summed E-state index contributed by atoms with van der Waals surface area (Å²) in [5.41, 5.74) is 1.92. The van der Waals surface area contributed by atoms with Crippen LogP contribution in [-0.4, -0.2) is 12.1 Å². The minimum Gasteiger partial charge on any atom is -0.366 e. The number of nitrogens with zero attached hydrogens (tertiary/aromatic N) is 1. The van der Waals surface area contributed by atoms with Gasteiger partial charge in [-0.2, -0.15) is 0 Å². The van der Waals surface area contributed by atoms with Crippen molar-refractivity contribution < 1.29 is 0 Å². The summed E-state index contributed by atoms with van der Waals surface area (Å²) in [7, 11) is 0. The van der Waals surface area contributed by atoms with E-state index in [1.807, 2.05) is 0 Å². The van der Waals surface area contributed by atoms with Gasteiger partial charge in [0.15, 0.2) is 0 Å². The molecule has 13 heavy (non-hydrogen) atoms. The molecule has 3 rings (SSSR count). The Bertz CT molecular complexity index is 317. The molecule has 2 fully saturated rings. The zero-order valence-corrected chi connectivity index (χ0v) is 8.03. The number of para-hydroxylation sites is 1. The van der Waals surface area contributed by atoms with Crippen LogP contribution in [0.25, 0.3) is 0 Å². The number of fused-ring (bicyclic) bond motifs is 1. The van der Waals surface area contributed by atoms with E-state index in [1.165, 1.54) is 25.1 Å². The van der Waals surface area contributed by atoms with Crippen LogP contribution in [0.15, 0.2) is 30.3 Å². The highest BCUT2D eigenvalue weighted by atomic mass is 15.3. The smallest absolute Gasteiger partial charge is 0.0407 e. The molecule has 0 aromatic heterocycles. The van der Waals surface area contributed by atoms with Crippen LogP contribution in [-0.2, 0) is 0 Å². The van der Waals surface area contributed by atoms with Gasteiger partial charge in [0.1, 0.15) is 0 Å². The average Bonchev–Trinajstić information content (AvgIpc) is 2.71. The predicted molar refractivity (Wildman–Crippen MR) is 54.9 cm³/mol. The van der Waals surface area contributed by atoms with E-state index in [1.54, 1.807) is 0 Å². The van der Waals surface area contributed by atoms with Gasteiger partial charge < -0.3 is 4.90 Å². The van der Waals surface area contributed by atoms with Crippen LogP contribution < -0.4 is 4.90 Å². The maximum absolute atomic E-state index is 2.58. The lowest BCUT2D eigenvalue weighted by atomic mass is 10.2. The first-order valence-corrected chi connectivity index (χ1v) is 5.13. The Labute approximate surface area is 79.4 Å². The van der Waals surface area contributed by atoms with Gasteiger partial charge in [0.05, 0.1) is 0 Å². The highest BCUT2D eigenvalue weighted by Crippen LogP contribution is 2.56. The van der Waals surface area contributed by atoms with Crippen LogP contribution in [0.5, 0.6) is 0 Å². The maximum Gasteiger partial charge on any atom is 0.0407 e. The van der Waals surface area contributed by atoms with Crippen molar-refractivity contribution in [2.45, 2.75) is 25.3 Å². The van der Waals surface area contributed by atoms with Crippen LogP contribution in [0.1, 0.15) is 19.8 Å². The van der Waals surface area contributed by atoms with Gasteiger partial charge in [0.25, 0.3) is 0 Å². The molecule has 1 saturated heterocycles. The van der Waals surface area contributed by atoms with E-state index in [9.17, 15) is 0 Å². The lowest BCUT2D eigenvalue weighted by Crippen LogP contribution is -2.31. The van der Waals surface area contributed by atoms with E-state index in [0.29, 0.717) is 5.54 Å². The van der Waals surface area contributed by atoms with Gasteiger partial charge in [-0.15, -0.1) is 0 Å². The van der Waals surface area contributed by atoms with E-state index in [2.05, 4.69) is 42.2 Å². The number of rotatable bonds is 1. The summed E-state index contributed by atoms with van der Waals surface area (Å²) in [4.78, 5) is 2.58. The first kappa shape index (κ1) is 7.43. The van der Waals surface area contributed by atoms with Crippen LogP contribution >= 0.6 is 0 Å². The third kappa shape index (κ3) is 0.932. The Balaban J connectivity index is 1.94. The van der Waals surface area contributed by atoms with Crippen LogP contribution in [0.2, 0.25) is 0 Å². The molecule has 1 aromatic carbocycles. The molecule has 0 bridgehead atoms. The third-order valence-corrected chi connectivity index (χ3v) is 3.76. The summed E-state index contributed by atoms with van der Waals surface area (Å²) >= 11 is 0. The van der Waals surface area contributed by atoms with Gasteiger partial charge in [-0.25, -0.2) is 0 Å². The van der Waals surface area contributed by atoms with E-state index in [0.717, 1.165) is 5.92 Å². The average molecular weight is 173 g/mol. The molecule has 0 amide bonds. The molecular formula is C12H15N. The zero-order chi connectivity index (χ0) is 8.89. The van der Waals surface area contributed by atoms with Crippen molar-refractivity contribution in [1.29, 1.82) is 0 Å². The molecule has 68 valence electrons. The third-order valence-electron chi connectivity index (χ3n) is 3.76. The summed E-state index contributed by atoms with van der Waals surface area (Å²) < 4.78 is 0. The van der Waals surface area contributed by atoms with Crippen molar-refractivity contribution >= 4 is 5.69 Å². The molecule has 0 N–H and O–H groups in total. The van der Waals surface area contributed by atoms with Crippen LogP contribution in [0, 0.1) is 5.92 Å². The number of benzene rings is 1. The highest BCUT2D eigenvalue weighted by Gasteiger charge is 2.58. The van der Waals surface area contributed by atoms with Crippen LogP contribution in [0.3, 0.4) is 0 Å². The summed E-state index contributed by atoms with van der Waals surface area (Å²) in [5.74, 6) is 0.979. The molecule has 2 atom stereocenters. The van der Waals surface area contributed by atoms with Gasteiger partial charge in [-0.1, -0.05) is 18.2 Å². The van der Waals surface area contributed by atoms with Crippen molar-refractivity contribution in [3.63, 3.8) is 0 Å². The Morgan fingerprint density at radius 1 is 1.31 bits per heavy atom. The minimum atomic E-state index is 0.515. The Kier molecular flexibility index (Phi) is 1.30. The Morgan fingerprint density at radius 3 is 2.62 bits per heavy atom. The molecule has 1 heteroatoms. The second-order valence-corrected chi connectivity index (χ2v) is 4.53. The fourth-order valence-electron chi connectivity index (χ4n) is 2.76. The first-order chi connectivity index (χ1) is 6.31. The quantitative estimate of drug-likeness (QED) is 0.631.